The molecule has 0 aliphatic carbocycles. The smallest absolute Gasteiger partial charge is 0.318 e. The lowest BCUT2D eigenvalue weighted by atomic mass is 10.1. The molecule has 0 unspecified atom stereocenters. The SMILES string of the molecule is Cc1ccc(-n2c(C)cc(/C=C3/C(=N)N4N=C(C(F)(F)F)SC4=NC3=O)c2C)c(C)c1. The molecule has 0 saturated heterocycles. The van der Waals surface area contributed by atoms with Gasteiger partial charge in [-0.2, -0.15) is 28.3 Å². The molecule has 2 aliphatic heterocycles. The highest BCUT2D eigenvalue weighted by atomic mass is 32.2. The van der Waals surface area contributed by atoms with Crippen LogP contribution in [0, 0.1) is 33.1 Å². The Morgan fingerprint density at radius 3 is 2.48 bits per heavy atom. The van der Waals surface area contributed by atoms with E-state index in [-0.39, 0.29) is 22.5 Å². The molecule has 0 fully saturated rings. The van der Waals surface area contributed by atoms with Crippen LogP contribution in [0.4, 0.5) is 13.2 Å². The van der Waals surface area contributed by atoms with Crippen molar-refractivity contribution >= 4 is 39.8 Å². The van der Waals surface area contributed by atoms with Crippen LogP contribution >= 0.6 is 11.8 Å². The molecule has 2 aliphatic rings. The van der Waals surface area contributed by atoms with E-state index in [1.807, 2.05) is 50.5 Å². The van der Waals surface area contributed by atoms with E-state index in [0.717, 1.165) is 33.2 Å². The number of aryl methyl sites for hydroxylation is 3. The number of carbonyl (C=O) groups is 1. The van der Waals surface area contributed by atoms with Gasteiger partial charge in [0, 0.05) is 17.1 Å². The monoisotopic (exact) mass is 445 g/mol. The zero-order chi connectivity index (χ0) is 22.7. The minimum atomic E-state index is -4.67. The molecule has 3 heterocycles. The lowest BCUT2D eigenvalue weighted by Gasteiger charge is -2.20. The predicted molar refractivity (Wildman–Crippen MR) is 116 cm³/mol. The standard InChI is InChI=1S/C21H18F3N5OS/c1-10-5-6-16(11(2)7-10)28-12(3)8-14(13(28)4)9-15-17(25)29-20(26-18(15)30)31-19(27-29)21(22,23)24/h5-9,25H,1-4H3/b15-9-,25-17?. The van der Waals surface area contributed by atoms with E-state index in [1.54, 1.807) is 0 Å². The summed E-state index contributed by atoms with van der Waals surface area (Å²) in [5.41, 5.74) is 5.54. The molecule has 6 nitrogen and oxygen atoms in total. The Hall–Kier alpha value is -3.14. The molecule has 2 aromatic rings. The van der Waals surface area contributed by atoms with Crippen LogP contribution in [0.15, 0.2) is 39.9 Å². The molecule has 10 heteroatoms. The van der Waals surface area contributed by atoms with Crippen molar-refractivity contribution in [2.24, 2.45) is 10.1 Å². The number of amidine groups is 2. The van der Waals surface area contributed by atoms with Gasteiger partial charge in [-0.05, 0) is 68.8 Å². The van der Waals surface area contributed by atoms with Gasteiger partial charge in [-0.1, -0.05) is 17.7 Å². The number of halogens is 3. The Bertz CT molecular complexity index is 1240. The lowest BCUT2D eigenvalue weighted by molar-refractivity contribution is -0.114. The summed E-state index contributed by atoms with van der Waals surface area (Å²) < 4.78 is 41.0. The van der Waals surface area contributed by atoms with E-state index in [0.29, 0.717) is 5.56 Å². The number of hydrogen-bond donors (Lipinski definition) is 1. The van der Waals surface area contributed by atoms with Gasteiger partial charge in [-0.15, -0.1) is 0 Å². The highest BCUT2D eigenvalue weighted by Gasteiger charge is 2.46. The normalized spacial score (nSPS) is 17.9. The quantitative estimate of drug-likeness (QED) is 0.669. The summed E-state index contributed by atoms with van der Waals surface area (Å²) in [6.07, 6.45) is -3.19. The number of nitrogens with zero attached hydrogens (tertiary/aromatic N) is 4. The molecule has 31 heavy (non-hydrogen) atoms. The van der Waals surface area contributed by atoms with E-state index >= 15 is 0 Å². The number of nitrogens with one attached hydrogen (secondary N) is 1. The third-order valence-electron chi connectivity index (χ3n) is 5.06. The van der Waals surface area contributed by atoms with Crippen LogP contribution < -0.4 is 0 Å². The van der Waals surface area contributed by atoms with E-state index in [9.17, 15) is 18.0 Å². The van der Waals surface area contributed by atoms with Crippen molar-refractivity contribution in [2.45, 2.75) is 33.9 Å². The second-order valence-corrected chi connectivity index (χ2v) is 8.33. The Morgan fingerprint density at radius 1 is 1.13 bits per heavy atom. The first-order chi connectivity index (χ1) is 14.5. The first-order valence-corrected chi connectivity index (χ1v) is 10.1. The van der Waals surface area contributed by atoms with Gasteiger partial charge in [0.05, 0.1) is 5.57 Å². The second kappa shape index (κ2) is 7.23. The molecular weight excluding hydrogens is 427 g/mol. The Morgan fingerprint density at radius 2 is 1.84 bits per heavy atom. The summed E-state index contributed by atoms with van der Waals surface area (Å²) in [6.45, 7) is 7.84. The van der Waals surface area contributed by atoms with Gasteiger partial charge in [0.2, 0.25) is 10.2 Å². The Balaban J connectivity index is 1.76. The molecule has 0 atom stereocenters. The number of aromatic nitrogens is 1. The van der Waals surface area contributed by atoms with Gasteiger partial charge in [-0.25, -0.2) is 0 Å². The van der Waals surface area contributed by atoms with Crippen LogP contribution in [0.2, 0.25) is 0 Å². The van der Waals surface area contributed by atoms with Gasteiger partial charge in [0.1, 0.15) is 0 Å². The maximum absolute atomic E-state index is 13.0. The van der Waals surface area contributed by atoms with Crippen molar-refractivity contribution in [1.29, 1.82) is 5.41 Å². The largest absolute Gasteiger partial charge is 0.441 e. The van der Waals surface area contributed by atoms with E-state index in [1.165, 1.54) is 6.08 Å². The summed E-state index contributed by atoms with van der Waals surface area (Å²) in [6, 6.07) is 7.97. The summed E-state index contributed by atoms with van der Waals surface area (Å²) >= 11 is 0.235. The first-order valence-electron chi connectivity index (χ1n) is 9.31. The minimum absolute atomic E-state index is 0.114. The van der Waals surface area contributed by atoms with Crippen molar-refractivity contribution < 1.29 is 18.0 Å². The molecule has 160 valence electrons. The van der Waals surface area contributed by atoms with E-state index in [4.69, 9.17) is 5.41 Å². The number of carbonyl (C=O) groups excluding carboxylic acids is 1. The van der Waals surface area contributed by atoms with Crippen LogP contribution in [0.5, 0.6) is 0 Å². The molecular formula is C21H18F3N5OS. The number of rotatable bonds is 2. The van der Waals surface area contributed by atoms with Gasteiger partial charge < -0.3 is 4.57 Å². The number of amides is 1. The molecule has 1 N–H and O–H groups in total. The molecule has 1 aromatic heterocycles. The number of alkyl halides is 3. The lowest BCUT2D eigenvalue weighted by Crippen LogP contribution is -2.35. The maximum atomic E-state index is 13.0. The summed E-state index contributed by atoms with van der Waals surface area (Å²) in [5, 5.41) is 11.0. The number of thioether (sulfide) groups is 1. The van der Waals surface area contributed by atoms with Crippen molar-refractivity contribution in [3.63, 3.8) is 0 Å². The Labute approximate surface area is 180 Å². The second-order valence-electron chi connectivity index (χ2n) is 7.37. The fourth-order valence-corrected chi connectivity index (χ4v) is 4.38. The average molecular weight is 445 g/mol. The summed E-state index contributed by atoms with van der Waals surface area (Å²) in [7, 11) is 0. The number of hydrogen-bond acceptors (Lipinski definition) is 4. The van der Waals surface area contributed by atoms with Crippen LogP contribution in [-0.4, -0.2) is 37.7 Å². The predicted octanol–water partition coefficient (Wildman–Crippen LogP) is 4.89. The highest BCUT2D eigenvalue weighted by molar-refractivity contribution is 8.27. The van der Waals surface area contributed by atoms with Crippen LogP contribution in [0.3, 0.4) is 0 Å². The van der Waals surface area contributed by atoms with Crippen LogP contribution in [0.25, 0.3) is 11.8 Å². The summed E-state index contributed by atoms with van der Waals surface area (Å²) in [5.74, 6) is -1.20. The van der Waals surface area contributed by atoms with Crippen molar-refractivity contribution in [3.8, 4) is 5.69 Å². The number of hydrazone groups is 1. The van der Waals surface area contributed by atoms with Crippen LogP contribution in [-0.2, 0) is 4.79 Å². The molecule has 0 spiro atoms. The van der Waals surface area contributed by atoms with Gasteiger partial charge in [0.15, 0.2) is 5.84 Å². The molecule has 0 saturated carbocycles. The molecule has 0 bridgehead atoms. The van der Waals surface area contributed by atoms with Gasteiger partial charge >= 0.3 is 6.18 Å². The topological polar surface area (TPSA) is 73.8 Å². The molecule has 1 amide bonds. The first kappa shape index (κ1) is 21.1. The third kappa shape index (κ3) is 3.60. The third-order valence-corrected chi connectivity index (χ3v) is 6.01. The molecule has 0 radical (unpaired) electrons. The van der Waals surface area contributed by atoms with Gasteiger partial charge in [0.25, 0.3) is 5.91 Å². The number of benzene rings is 1. The fraction of sp³-hybridized carbons (Fsp3) is 0.238. The maximum Gasteiger partial charge on any atom is 0.441 e. The molecule has 4 rings (SSSR count). The van der Waals surface area contributed by atoms with E-state index < -0.39 is 23.0 Å². The van der Waals surface area contributed by atoms with Crippen molar-refractivity contribution in [2.75, 3.05) is 0 Å². The average Bonchev–Trinajstić information content (AvgIpc) is 3.21. The highest BCUT2D eigenvalue weighted by Crippen LogP contribution is 2.35. The summed E-state index contributed by atoms with van der Waals surface area (Å²) in [4.78, 5) is 16.2. The fourth-order valence-electron chi connectivity index (χ4n) is 3.62. The van der Waals surface area contributed by atoms with E-state index in [2.05, 4.69) is 16.2 Å². The number of aliphatic imine (C=N–C) groups is 1. The van der Waals surface area contributed by atoms with Crippen LogP contribution in [0.1, 0.15) is 28.1 Å². The van der Waals surface area contributed by atoms with Crippen molar-refractivity contribution in [1.82, 2.24) is 9.58 Å². The zero-order valence-corrected chi connectivity index (χ0v) is 17.9. The number of fused-ring (bicyclic) bond motifs is 1. The molecule has 1 aromatic carbocycles. The van der Waals surface area contributed by atoms with Crippen molar-refractivity contribution in [3.05, 3.63) is 57.9 Å². The Kier molecular flexibility index (Phi) is 4.92. The van der Waals surface area contributed by atoms with Gasteiger partial charge in [-0.3, -0.25) is 10.2 Å². The minimum Gasteiger partial charge on any atom is -0.318 e. The zero-order valence-electron chi connectivity index (χ0n) is 17.1.